The fourth-order valence-corrected chi connectivity index (χ4v) is 3.10. The highest BCUT2D eigenvalue weighted by Gasteiger charge is 2.14. The number of ether oxygens (including phenoxy) is 2. The number of hydrogen-bond acceptors (Lipinski definition) is 8. The highest BCUT2D eigenvalue weighted by atomic mass is 32.2. The molecular formula is C17H16N6O4S. The Kier molecular flexibility index (Phi) is 5.24. The third-order valence-corrected chi connectivity index (χ3v) is 4.53. The Balaban J connectivity index is 1.29. The molecule has 0 saturated carbocycles. The monoisotopic (exact) mass is 400 g/mol. The summed E-state index contributed by atoms with van der Waals surface area (Å²) >= 11 is 1.11. The van der Waals surface area contributed by atoms with E-state index in [0.29, 0.717) is 41.3 Å². The lowest BCUT2D eigenvalue weighted by Gasteiger charge is -2.10. The number of fused-ring (bicyclic) bond motifs is 2. The van der Waals surface area contributed by atoms with Crippen molar-refractivity contribution in [2.45, 2.75) is 11.6 Å². The Morgan fingerprint density at radius 2 is 2.07 bits per heavy atom. The molecule has 0 fully saturated rings. The molecule has 0 unspecified atom stereocenters. The molecule has 0 atom stereocenters. The van der Waals surface area contributed by atoms with Crippen LogP contribution in [0.15, 0.2) is 41.8 Å². The Bertz CT molecular complexity index is 991. The van der Waals surface area contributed by atoms with Gasteiger partial charge in [0.2, 0.25) is 11.1 Å². The Labute approximate surface area is 163 Å². The SMILES string of the molecule is O=C(CSc1nc2ncccn2n1)NC(=O)Nc1ccc2c(c1)OCCCO2. The standard InChI is InChI=1S/C17H16N6O4S/c24-14(10-28-17-21-15-18-5-1-6-23(15)22-17)20-16(25)19-11-3-4-12-13(9-11)27-8-2-7-26-12/h1,3-6,9H,2,7-8,10H2,(H2,19,20,24,25). The van der Waals surface area contributed by atoms with Crippen LogP contribution in [0.2, 0.25) is 0 Å². The molecule has 0 aliphatic carbocycles. The molecule has 3 aromatic rings. The fourth-order valence-electron chi connectivity index (χ4n) is 2.47. The van der Waals surface area contributed by atoms with E-state index in [9.17, 15) is 9.59 Å². The average molecular weight is 400 g/mol. The van der Waals surface area contributed by atoms with Gasteiger partial charge in [-0.25, -0.2) is 14.3 Å². The second kappa shape index (κ2) is 8.13. The van der Waals surface area contributed by atoms with E-state index < -0.39 is 11.9 Å². The van der Waals surface area contributed by atoms with Gasteiger partial charge in [0.1, 0.15) is 0 Å². The van der Waals surface area contributed by atoms with Gasteiger partial charge < -0.3 is 14.8 Å². The number of nitrogens with zero attached hydrogens (tertiary/aromatic N) is 4. The van der Waals surface area contributed by atoms with Crippen molar-refractivity contribution in [2.75, 3.05) is 24.3 Å². The smallest absolute Gasteiger partial charge is 0.325 e. The molecule has 1 aliphatic rings. The molecule has 4 rings (SSSR count). The van der Waals surface area contributed by atoms with Gasteiger partial charge in [-0.2, -0.15) is 4.98 Å². The van der Waals surface area contributed by atoms with Crippen molar-refractivity contribution in [2.24, 2.45) is 0 Å². The number of urea groups is 1. The largest absolute Gasteiger partial charge is 0.490 e. The molecule has 11 heteroatoms. The Morgan fingerprint density at radius 1 is 1.21 bits per heavy atom. The van der Waals surface area contributed by atoms with E-state index in [1.807, 2.05) is 0 Å². The predicted molar refractivity (Wildman–Crippen MR) is 101 cm³/mol. The lowest BCUT2D eigenvalue weighted by molar-refractivity contribution is -0.117. The first-order chi connectivity index (χ1) is 13.7. The van der Waals surface area contributed by atoms with Crippen molar-refractivity contribution < 1.29 is 19.1 Å². The number of carbonyl (C=O) groups excluding carboxylic acids is 2. The van der Waals surface area contributed by atoms with E-state index in [4.69, 9.17) is 9.47 Å². The first-order valence-electron chi connectivity index (χ1n) is 8.48. The number of aromatic nitrogens is 4. The minimum atomic E-state index is -0.635. The Morgan fingerprint density at radius 3 is 2.93 bits per heavy atom. The van der Waals surface area contributed by atoms with Crippen molar-refractivity contribution in [3.05, 3.63) is 36.7 Å². The highest BCUT2D eigenvalue weighted by Crippen LogP contribution is 2.32. The number of amides is 3. The van der Waals surface area contributed by atoms with Crippen LogP contribution in [0.25, 0.3) is 5.78 Å². The predicted octanol–water partition coefficient (Wildman–Crippen LogP) is 1.73. The molecule has 3 amide bonds. The number of nitrogens with one attached hydrogen (secondary N) is 2. The number of imide groups is 1. The van der Waals surface area contributed by atoms with Gasteiger partial charge in [-0.05, 0) is 18.2 Å². The lowest BCUT2D eigenvalue weighted by Crippen LogP contribution is -2.35. The van der Waals surface area contributed by atoms with Crippen LogP contribution in [0.3, 0.4) is 0 Å². The molecule has 144 valence electrons. The Hall–Kier alpha value is -3.34. The summed E-state index contributed by atoms with van der Waals surface area (Å²) in [7, 11) is 0. The summed E-state index contributed by atoms with van der Waals surface area (Å²) < 4.78 is 12.6. The van der Waals surface area contributed by atoms with E-state index in [1.165, 1.54) is 4.52 Å². The third kappa shape index (κ3) is 4.31. The van der Waals surface area contributed by atoms with Gasteiger partial charge in [0.05, 0.1) is 19.0 Å². The molecule has 1 aliphatic heterocycles. The minimum absolute atomic E-state index is 0.00849. The maximum Gasteiger partial charge on any atom is 0.325 e. The van der Waals surface area contributed by atoms with Crippen LogP contribution in [0.1, 0.15) is 6.42 Å². The number of anilines is 1. The van der Waals surface area contributed by atoms with Crippen molar-refractivity contribution in [3.8, 4) is 11.5 Å². The summed E-state index contributed by atoms with van der Waals surface area (Å²) in [5, 5.41) is 9.45. The molecule has 2 N–H and O–H groups in total. The van der Waals surface area contributed by atoms with Crippen molar-refractivity contribution in [1.29, 1.82) is 0 Å². The van der Waals surface area contributed by atoms with Crippen LogP contribution in [0.5, 0.6) is 11.5 Å². The van der Waals surface area contributed by atoms with Crippen LogP contribution in [-0.2, 0) is 4.79 Å². The second-order valence-corrected chi connectivity index (χ2v) is 6.70. The molecular weight excluding hydrogens is 384 g/mol. The fraction of sp³-hybridized carbons (Fsp3) is 0.235. The van der Waals surface area contributed by atoms with Crippen molar-refractivity contribution in [3.63, 3.8) is 0 Å². The molecule has 0 spiro atoms. The first-order valence-corrected chi connectivity index (χ1v) is 9.46. The molecule has 10 nitrogen and oxygen atoms in total. The molecule has 0 bridgehead atoms. The summed E-state index contributed by atoms with van der Waals surface area (Å²) in [5.41, 5.74) is 0.496. The van der Waals surface area contributed by atoms with Gasteiger partial charge >= 0.3 is 6.03 Å². The maximum absolute atomic E-state index is 12.0. The summed E-state index contributed by atoms with van der Waals surface area (Å²) in [5.74, 6) is 1.15. The van der Waals surface area contributed by atoms with Crippen LogP contribution < -0.4 is 20.1 Å². The second-order valence-electron chi connectivity index (χ2n) is 5.76. The van der Waals surface area contributed by atoms with E-state index in [2.05, 4.69) is 25.7 Å². The number of carbonyl (C=O) groups is 2. The minimum Gasteiger partial charge on any atom is -0.490 e. The van der Waals surface area contributed by atoms with Gasteiger partial charge in [0, 0.05) is 30.6 Å². The molecule has 3 heterocycles. The number of thioether (sulfide) groups is 1. The molecule has 2 aromatic heterocycles. The summed E-state index contributed by atoms with van der Waals surface area (Å²) in [6, 6.07) is 6.15. The van der Waals surface area contributed by atoms with Crippen LogP contribution in [0.4, 0.5) is 10.5 Å². The van der Waals surface area contributed by atoms with Gasteiger partial charge in [0.25, 0.3) is 5.78 Å². The van der Waals surface area contributed by atoms with E-state index in [1.54, 1.807) is 36.7 Å². The van der Waals surface area contributed by atoms with E-state index in [0.717, 1.165) is 18.2 Å². The van der Waals surface area contributed by atoms with Crippen molar-refractivity contribution in [1.82, 2.24) is 24.9 Å². The van der Waals surface area contributed by atoms with Gasteiger partial charge in [-0.1, -0.05) is 11.8 Å². The van der Waals surface area contributed by atoms with Crippen LogP contribution in [-0.4, -0.2) is 50.5 Å². The third-order valence-electron chi connectivity index (χ3n) is 3.69. The summed E-state index contributed by atoms with van der Waals surface area (Å²) in [6.07, 6.45) is 4.11. The highest BCUT2D eigenvalue weighted by molar-refractivity contribution is 7.99. The first kappa shape index (κ1) is 18.0. The van der Waals surface area contributed by atoms with Crippen molar-refractivity contribution >= 4 is 35.2 Å². The molecule has 1 aromatic carbocycles. The zero-order chi connectivity index (χ0) is 19.3. The summed E-state index contributed by atoms with van der Waals surface area (Å²) in [4.78, 5) is 32.3. The molecule has 0 radical (unpaired) electrons. The number of rotatable bonds is 4. The van der Waals surface area contributed by atoms with E-state index in [-0.39, 0.29) is 5.75 Å². The van der Waals surface area contributed by atoms with E-state index >= 15 is 0 Å². The van der Waals surface area contributed by atoms with Gasteiger partial charge in [-0.3, -0.25) is 10.1 Å². The number of hydrogen-bond donors (Lipinski definition) is 2. The van der Waals surface area contributed by atoms with Gasteiger partial charge in [-0.15, -0.1) is 5.10 Å². The zero-order valence-electron chi connectivity index (χ0n) is 14.6. The van der Waals surface area contributed by atoms with Crippen LogP contribution in [0, 0.1) is 0 Å². The maximum atomic E-state index is 12.0. The lowest BCUT2D eigenvalue weighted by atomic mass is 10.3. The normalized spacial score (nSPS) is 13.0. The number of benzene rings is 1. The molecule has 0 saturated heterocycles. The summed E-state index contributed by atoms with van der Waals surface area (Å²) in [6.45, 7) is 1.13. The topological polar surface area (TPSA) is 120 Å². The average Bonchev–Trinajstić information content (AvgIpc) is 2.96. The van der Waals surface area contributed by atoms with Crippen LogP contribution >= 0.6 is 11.8 Å². The zero-order valence-corrected chi connectivity index (χ0v) is 15.4. The quantitative estimate of drug-likeness (QED) is 0.636. The van der Waals surface area contributed by atoms with Gasteiger partial charge in [0.15, 0.2) is 11.5 Å². The molecule has 28 heavy (non-hydrogen) atoms.